The van der Waals surface area contributed by atoms with Crippen molar-refractivity contribution in [3.05, 3.63) is 28.8 Å². The third kappa shape index (κ3) is 4.40. The smallest absolute Gasteiger partial charge is 0.227 e. The lowest BCUT2D eigenvalue weighted by Gasteiger charge is -2.35. The summed E-state index contributed by atoms with van der Waals surface area (Å²) in [4.78, 5) is 27.4. The zero-order valence-electron chi connectivity index (χ0n) is 15.8. The van der Waals surface area contributed by atoms with Crippen LogP contribution in [-0.2, 0) is 9.59 Å². The molecule has 0 spiro atoms. The Balaban J connectivity index is 1.51. The van der Waals surface area contributed by atoms with Crippen LogP contribution in [0.1, 0.15) is 51.0 Å². The molecule has 1 saturated heterocycles. The van der Waals surface area contributed by atoms with Gasteiger partial charge in [-0.05, 0) is 69.1 Å². The molecule has 26 heavy (non-hydrogen) atoms. The largest absolute Gasteiger partial charge is 0.342 e. The van der Waals surface area contributed by atoms with Crippen LogP contribution in [0.2, 0.25) is 5.02 Å². The van der Waals surface area contributed by atoms with Gasteiger partial charge in [-0.2, -0.15) is 0 Å². The minimum atomic E-state index is -0.0150. The normalized spacial score (nSPS) is 24.3. The average molecular weight is 377 g/mol. The van der Waals surface area contributed by atoms with Gasteiger partial charge in [0.25, 0.3) is 0 Å². The van der Waals surface area contributed by atoms with Crippen molar-refractivity contribution >= 4 is 29.1 Å². The molecule has 1 aromatic rings. The molecular weight excluding hydrogens is 348 g/mol. The van der Waals surface area contributed by atoms with E-state index in [1.165, 1.54) is 0 Å². The van der Waals surface area contributed by atoms with Gasteiger partial charge in [-0.25, -0.2) is 0 Å². The maximum absolute atomic E-state index is 12.7. The first-order valence-electron chi connectivity index (χ1n) is 9.80. The highest BCUT2D eigenvalue weighted by Gasteiger charge is 2.33. The van der Waals surface area contributed by atoms with Crippen molar-refractivity contribution in [3.8, 4) is 0 Å². The highest BCUT2D eigenvalue weighted by atomic mass is 35.5. The second-order valence-electron chi connectivity index (χ2n) is 7.96. The lowest BCUT2D eigenvalue weighted by atomic mass is 9.80. The van der Waals surface area contributed by atoms with E-state index in [2.05, 4.69) is 12.2 Å². The Morgan fingerprint density at radius 2 is 1.65 bits per heavy atom. The first kappa shape index (κ1) is 19.2. The number of amides is 2. The first-order chi connectivity index (χ1) is 12.5. The number of likely N-dealkylation sites (tertiary alicyclic amines) is 1. The number of hydrogen-bond donors (Lipinski definition) is 1. The van der Waals surface area contributed by atoms with Crippen LogP contribution in [0.3, 0.4) is 0 Å². The summed E-state index contributed by atoms with van der Waals surface area (Å²) in [5.74, 6) is 1.17. The molecule has 2 fully saturated rings. The van der Waals surface area contributed by atoms with Crippen molar-refractivity contribution in [3.63, 3.8) is 0 Å². The van der Waals surface area contributed by atoms with E-state index < -0.39 is 0 Å². The number of carbonyl (C=O) groups is 2. The molecule has 1 aromatic carbocycles. The molecule has 5 heteroatoms. The molecule has 2 aliphatic rings. The Hall–Kier alpha value is -1.55. The number of anilines is 1. The van der Waals surface area contributed by atoms with Crippen LogP contribution in [0, 0.1) is 24.7 Å². The van der Waals surface area contributed by atoms with Crippen molar-refractivity contribution in [2.24, 2.45) is 17.8 Å². The summed E-state index contributed by atoms with van der Waals surface area (Å²) >= 11 is 6.13. The zero-order chi connectivity index (χ0) is 18.7. The van der Waals surface area contributed by atoms with Crippen molar-refractivity contribution in [2.45, 2.75) is 52.4 Å². The predicted molar refractivity (Wildman–Crippen MR) is 105 cm³/mol. The number of halogens is 1. The van der Waals surface area contributed by atoms with E-state index in [4.69, 9.17) is 11.6 Å². The standard InChI is InChI=1S/C21H29ClN2O2/c1-14-10-12-24(13-11-14)21(26)17-8-6-16(7-9-17)20(25)23-19-5-3-4-18(22)15(19)2/h3-5,14,16-17H,6-13H2,1-2H3,(H,23,25). The van der Waals surface area contributed by atoms with Gasteiger partial charge in [0, 0.05) is 35.6 Å². The second kappa shape index (κ2) is 8.43. The van der Waals surface area contributed by atoms with E-state index in [1.54, 1.807) is 0 Å². The quantitative estimate of drug-likeness (QED) is 0.834. The van der Waals surface area contributed by atoms with Crippen LogP contribution in [0.5, 0.6) is 0 Å². The molecule has 1 N–H and O–H groups in total. The zero-order valence-corrected chi connectivity index (χ0v) is 16.5. The molecule has 142 valence electrons. The van der Waals surface area contributed by atoms with E-state index >= 15 is 0 Å². The third-order valence-corrected chi connectivity index (χ3v) is 6.48. The maximum atomic E-state index is 12.7. The van der Waals surface area contributed by atoms with E-state index in [0.29, 0.717) is 10.9 Å². The summed E-state index contributed by atoms with van der Waals surface area (Å²) in [6.07, 6.45) is 5.43. The molecule has 1 aliphatic heterocycles. The molecule has 1 aliphatic carbocycles. The summed E-state index contributed by atoms with van der Waals surface area (Å²) in [5, 5.41) is 3.67. The fourth-order valence-electron chi connectivity index (χ4n) is 4.07. The molecule has 1 heterocycles. The van der Waals surface area contributed by atoms with E-state index in [1.807, 2.05) is 30.0 Å². The number of nitrogens with zero attached hydrogens (tertiary/aromatic N) is 1. The van der Waals surface area contributed by atoms with Crippen molar-refractivity contribution in [1.29, 1.82) is 0 Å². The summed E-state index contributed by atoms with van der Waals surface area (Å²) in [7, 11) is 0. The van der Waals surface area contributed by atoms with Gasteiger partial charge in [0.2, 0.25) is 11.8 Å². The molecule has 3 rings (SSSR count). The van der Waals surface area contributed by atoms with Gasteiger partial charge in [-0.1, -0.05) is 24.6 Å². The van der Waals surface area contributed by atoms with Crippen molar-refractivity contribution in [2.75, 3.05) is 18.4 Å². The van der Waals surface area contributed by atoms with Gasteiger partial charge < -0.3 is 10.2 Å². The summed E-state index contributed by atoms with van der Waals surface area (Å²) in [6, 6.07) is 5.55. The number of benzene rings is 1. The highest BCUT2D eigenvalue weighted by Crippen LogP contribution is 2.32. The van der Waals surface area contributed by atoms with Crippen LogP contribution in [0.4, 0.5) is 5.69 Å². The van der Waals surface area contributed by atoms with Gasteiger partial charge in [0.1, 0.15) is 0 Å². The number of nitrogens with one attached hydrogen (secondary N) is 1. The Morgan fingerprint density at radius 1 is 1.04 bits per heavy atom. The summed E-state index contributed by atoms with van der Waals surface area (Å²) in [5.41, 5.74) is 1.67. The van der Waals surface area contributed by atoms with Gasteiger partial charge in [-0.15, -0.1) is 0 Å². The third-order valence-electron chi connectivity index (χ3n) is 6.07. The van der Waals surface area contributed by atoms with Crippen LogP contribution in [-0.4, -0.2) is 29.8 Å². The summed E-state index contributed by atoms with van der Waals surface area (Å²) < 4.78 is 0. The molecule has 2 amide bonds. The lowest BCUT2D eigenvalue weighted by Crippen LogP contribution is -2.42. The molecule has 1 saturated carbocycles. The number of hydrogen-bond acceptors (Lipinski definition) is 2. The van der Waals surface area contributed by atoms with E-state index in [9.17, 15) is 9.59 Å². The Bertz CT molecular complexity index is 660. The SMILES string of the molecule is Cc1c(Cl)cccc1NC(=O)C1CCC(C(=O)N2CCC(C)CC2)CC1. The highest BCUT2D eigenvalue weighted by molar-refractivity contribution is 6.31. The minimum Gasteiger partial charge on any atom is -0.342 e. The molecule has 0 bridgehead atoms. The fourth-order valence-corrected chi connectivity index (χ4v) is 4.24. The number of piperidine rings is 1. The van der Waals surface area contributed by atoms with Crippen molar-refractivity contribution < 1.29 is 9.59 Å². The lowest BCUT2D eigenvalue weighted by molar-refractivity contribution is -0.139. The average Bonchev–Trinajstić information content (AvgIpc) is 2.65. The monoisotopic (exact) mass is 376 g/mol. The van der Waals surface area contributed by atoms with E-state index in [-0.39, 0.29) is 17.7 Å². The first-order valence-corrected chi connectivity index (χ1v) is 10.2. The maximum Gasteiger partial charge on any atom is 0.227 e. The van der Waals surface area contributed by atoms with Gasteiger partial charge in [-0.3, -0.25) is 9.59 Å². The topological polar surface area (TPSA) is 49.4 Å². The van der Waals surface area contributed by atoms with Crippen molar-refractivity contribution in [1.82, 2.24) is 4.90 Å². The molecule has 0 unspecified atom stereocenters. The van der Waals surface area contributed by atoms with Crippen LogP contribution < -0.4 is 5.32 Å². The summed E-state index contributed by atoms with van der Waals surface area (Å²) in [6.45, 7) is 5.96. The number of rotatable bonds is 3. The molecule has 4 nitrogen and oxygen atoms in total. The predicted octanol–water partition coefficient (Wildman–Crippen LogP) is 4.65. The minimum absolute atomic E-state index is 0.0150. The van der Waals surface area contributed by atoms with Crippen LogP contribution in [0.15, 0.2) is 18.2 Å². The van der Waals surface area contributed by atoms with Gasteiger partial charge >= 0.3 is 0 Å². The van der Waals surface area contributed by atoms with Gasteiger partial charge in [0.15, 0.2) is 0 Å². The Labute approximate surface area is 161 Å². The molecule has 0 radical (unpaired) electrons. The second-order valence-corrected chi connectivity index (χ2v) is 8.37. The Kier molecular flexibility index (Phi) is 6.23. The van der Waals surface area contributed by atoms with E-state index in [0.717, 1.165) is 68.8 Å². The van der Waals surface area contributed by atoms with Crippen LogP contribution in [0.25, 0.3) is 0 Å². The van der Waals surface area contributed by atoms with Gasteiger partial charge in [0.05, 0.1) is 0 Å². The Morgan fingerprint density at radius 3 is 2.31 bits per heavy atom. The molecular formula is C21H29ClN2O2. The number of carbonyl (C=O) groups excluding carboxylic acids is 2. The molecule has 0 aromatic heterocycles. The molecule has 0 atom stereocenters. The van der Waals surface area contributed by atoms with Crippen LogP contribution >= 0.6 is 11.6 Å². The fraction of sp³-hybridized carbons (Fsp3) is 0.619.